The van der Waals surface area contributed by atoms with Crippen LogP contribution in [0, 0.1) is 5.92 Å². The van der Waals surface area contributed by atoms with Gasteiger partial charge in [0.05, 0.1) is 6.04 Å². The normalized spacial score (nSPS) is 12.6. The molecule has 0 bridgehead atoms. The molecular weight excluding hydrogens is 274 g/mol. The van der Waals surface area contributed by atoms with Gasteiger partial charge in [0, 0.05) is 4.90 Å². The number of hydrogen-bond donors (Lipinski definition) is 1. The van der Waals surface area contributed by atoms with E-state index in [1.807, 2.05) is 18.8 Å². The zero-order valence-electron chi connectivity index (χ0n) is 13.4. The molecule has 0 aliphatic heterocycles. The fourth-order valence-corrected chi connectivity index (χ4v) is 3.41. The van der Waals surface area contributed by atoms with Crippen LogP contribution in [0.1, 0.15) is 36.6 Å². The van der Waals surface area contributed by atoms with E-state index in [4.69, 9.17) is 0 Å². The van der Waals surface area contributed by atoms with Crippen LogP contribution in [-0.4, -0.2) is 13.3 Å². The van der Waals surface area contributed by atoms with Gasteiger partial charge >= 0.3 is 0 Å². The average Bonchev–Trinajstić information content (AvgIpc) is 2.48. The Hall–Kier alpha value is -1.25. The SMILES string of the molecule is CNC(c1cccc(CC(C)C)c1)c1ccccc1SC. The number of thioether (sulfide) groups is 1. The molecule has 1 nitrogen and oxygen atoms in total. The first kappa shape index (κ1) is 16.1. The summed E-state index contributed by atoms with van der Waals surface area (Å²) in [7, 11) is 2.04. The summed E-state index contributed by atoms with van der Waals surface area (Å²) in [4.78, 5) is 1.34. The van der Waals surface area contributed by atoms with Gasteiger partial charge in [-0.15, -0.1) is 11.8 Å². The Morgan fingerprint density at radius 2 is 1.81 bits per heavy atom. The van der Waals surface area contributed by atoms with Gasteiger partial charge in [0.15, 0.2) is 0 Å². The zero-order valence-corrected chi connectivity index (χ0v) is 14.2. The molecule has 1 atom stereocenters. The predicted octanol–water partition coefficient (Wildman–Crippen LogP) is 4.92. The van der Waals surface area contributed by atoms with E-state index in [2.05, 4.69) is 74.0 Å². The highest BCUT2D eigenvalue weighted by Crippen LogP contribution is 2.30. The lowest BCUT2D eigenvalue weighted by Gasteiger charge is -2.21. The predicted molar refractivity (Wildman–Crippen MR) is 94.1 cm³/mol. The minimum atomic E-state index is 0.251. The number of nitrogens with one attached hydrogen (secondary N) is 1. The fraction of sp³-hybridized carbons (Fsp3) is 0.368. The minimum absolute atomic E-state index is 0.251. The van der Waals surface area contributed by atoms with Crippen molar-refractivity contribution in [2.45, 2.75) is 31.2 Å². The molecule has 0 saturated carbocycles. The Kier molecular flexibility index (Phi) is 5.89. The van der Waals surface area contributed by atoms with Gasteiger partial charge in [-0.05, 0) is 48.4 Å². The Morgan fingerprint density at radius 1 is 1.05 bits per heavy atom. The van der Waals surface area contributed by atoms with E-state index < -0.39 is 0 Å². The van der Waals surface area contributed by atoms with Crippen molar-refractivity contribution in [3.8, 4) is 0 Å². The van der Waals surface area contributed by atoms with Gasteiger partial charge in [0.25, 0.3) is 0 Å². The minimum Gasteiger partial charge on any atom is -0.309 e. The number of rotatable bonds is 6. The largest absolute Gasteiger partial charge is 0.309 e. The summed E-state index contributed by atoms with van der Waals surface area (Å²) >= 11 is 1.81. The third-order valence-electron chi connectivity index (χ3n) is 3.67. The van der Waals surface area contributed by atoms with Crippen LogP contribution in [0.2, 0.25) is 0 Å². The van der Waals surface area contributed by atoms with E-state index in [1.165, 1.54) is 21.6 Å². The molecular formula is C19H25NS. The quantitative estimate of drug-likeness (QED) is 0.760. The standard InChI is InChI=1S/C19H25NS/c1-14(2)12-15-8-7-9-16(13-15)19(20-3)17-10-5-6-11-18(17)21-4/h5-11,13-14,19-20H,12H2,1-4H3. The van der Waals surface area contributed by atoms with Crippen molar-refractivity contribution in [2.24, 2.45) is 5.92 Å². The Morgan fingerprint density at radius 3 is 2.48 bits per heavy atom. The van der Waals surface area contributed by atoms with Crippen molar-refractivity contribution < 1.29 is 0 Å². The van der Waals surface area contributed by atoms with E-state index in [-0.39, 0.29) is 6.04 Å². The lowest BCUT2D eigenvalue weighted by molar-refractivity contribution is 0.642. The summed E-state index contributed by atoms with van der Waals surface area (Å²) in [5.41, 5.74) is 4.12. The van der Waals surface area contributed by atoms with Gasteiger partial charge in [-0.3, -0.25) is 0 Å². The van der Waals surface area contributed by atoms with E-state index in [1.54, 1.807) is 0 Å². The molecule has 0 aliphatic rings. The molecule has 2 rings (SSSR count). The van der Waals surface area contributed by atoms with E-state index in [9.17, 15) is 0 Å². The Balaban J connectivity index is 2.37. The van der Waals surface area contributed by atoms with Crippen molar-refractivity contribution in [1.29, 1.82) is 0 Å². The van der Waals surface area contributed by atoms with Crippen molar-refractivity contribution in [1.82, 2.24) is 5.32 Å². The highest BCUT2D eigenvalue weighted by Gasteiger charge is 2.15. The van der Waals surface area contributed by atoms with Gasteiger partial charge in [-0.2, -0.15) is 0 Å². The van der Waals surface area contributed by atoms with Crippen molar-refractivity contribution >= 4 is 11.8 Å². The first-order valence-electron chi connectivity index (χ1n) is 7.54. The molecule has 21 heavy (non-hydrogen) atoms. The van der Waals surface area contributed by atoms with Crippen molar-refractivity contribution in [3.63, 3.8) is 0 Å². The van der Waals surface area contributed by atoms with Gasteiger partial charge < -0.3 is 5.32 Å². The summed E-state index contributed by atoms with van der Waals surface area (Å²) in [6.45, 7) is 4.54. The summed E-state index contributed by atoms with van der Waals surface area (Å²) in [5, 5.41) is 3.48. The fourth-order valence-electron chi connectivity index (χ4n) is 2.78. The Bertz CT molecular complexity index is 577. The van der Waals surface area contributed by atoms with Crippen LogP contribution >= 0.6 is 11.8 Å². The zero-order chi connectivity index (χ0) is 15.2. The molecule has 0 saturated heterocycles. The molecule has 0 heterocycles. The summed E-state index contributed by atoms with van der Waals surface area (Å²) < 4.78 is 0. The van der Waals surface area contributed by atoms with Crippen LogP contribution in [-0.2, 0) is 6.42 Å². The molecule has 2 aromatic rings. The highest BCUT2D eigenvalue weighted by molar-refractivity contribution is 7.98. The van der Waals surface area contributed by atoms with E-state index in [0.717, 1.165) is 6.42 Å². The molecule has 0 aliphatic carbocycles. The molecule has 2 heteroatoms. The van der Waals surface area contributed by atoms with Gasteiger partial charge in [-0.25, -0.2) is 0 Å². The van der Waals surface area contributed by atoms with Crippen LogP contribution < -0.4 is 5.32 Å². The monoisotopic (exact) mass is 299 g/mol. The third kappa shape index (κ3) is 4.12. The number of benzene rings is 2. The molecule has 112 valence electrons. The highest BCUT2D eigenvalue weighted by atomic mass is 32.2. The molecule has 2 aromatic carbocycles. The van der Waals surface area contributed by atoms with Gasteiger partial charge in [0.2, 0.25) is 0 Å². The number of hydrogen-bond acceptors (Lipinski definition) is 2. The van der Waals surface area contributed by atoms with Gasteiger partial charge in [0.1, 0.15) is 0 Å². The lowest BCUT2D eigenvalue weighted by Crippen LogP contribution is -2.18. The lowest BCUT2D eigenvalue weighted by atomic mass is 9.94. The van der Waals surface area contributed by atoms with E-state index >= 15 is 0 Å². The maximum Gasteiger partial charge on any atom is 0.0585 e. The maximum absolute atomic E-state index is 3.48. The smallest absolute Gasteiger partial charge is 0.0585 e. The van der Waals surface area contributed by atoms with Gasteiger partial charge in [-0.1, -0.05) is 56.3 Å². The molecule has 0 radical (unpaired) electrons. The summed E-state index contributed by atoms with van der Waals surface area (Å²) in [6.07, 6.45) is 3.27. The topological polar surface area (TPSA) is 12.0 Å². The van der Waals surface area contributed by atoms with Crippen LogP contribution in [0.3, 0.4) is 0 Å². The first-order chi connectivity index (χ1) is 10.2. The van der Waals surface area contributed by atoms with E-state index in [0.29, 0.717) is 5.92 Å². The average molecular weight is 299 g/mol. The van der Waals surface area contributed by atoms with Crippen LogP contribution in [0.4, 0.5) is 0 Å². The molecule has 1 N–H and O–H groups in total. The molecule has 0 amide bonds. The van der Waals surface area contributed by atoms with Crippen molar-refractivity contribution in [2.75, 3.05) is 13.3 Å². The Labute approximate surface area is 133 Å². The summed E-state index contributed by atoms with van der Waals surface area (Å²) in [5.74, 6) is 0.687. The van der Waals surface area contributed by atoms with Crippen LogP contribution in [0.25, 0.3) is 0 Å². The second kappa shape index (κ2) is 7.67. The van der Waals surface area contributed by atoms with Crippen LogP contribution in [0.15, 0.2) is 53.4 Å². The molecule has 0 fully saturated rings. The molecule has 1 unspecified atom stereocenters. The second-order valence-electron chi connectivity index (χ2n) is 5.81. The third-order valence-corrected chi connectivity index (χ3v) is 4.48. The van der Waals surface area contributed by atoms with Crippen LogP contribution in [0.5, 0.6) is 0 Å². The first-order valence-corrected chi connectivity index (χ1v) is 8.77. The summed E-state index contributed by atoms with van der Waals surface area (Å²) in [6, 6.07) is 17.9. The maximum atomic E-state index is 3.48. The molecule has 0 spiro atoms. The second-order valence-corrected chi connectivity index (χ2v) is 6.65. The van der Waals surface area contributed by atoms with Crippen molar-refractivity contribution in [3.05, 3.63) is 65.2 Å². The molecule has 0 aromatic heterocycles.